The minimum absolute atomic E-state index is 0.0833. The number of fused-ring (bicyclic) bond motifs is 3. The SMILES string of the molecule is C1=C(c2ccccc2)c2c(ccc3ccccc23)OC1c1ccccc1. The Kier molecular flexibility index (Phi) is 3.57. The molecule has 1 aliphatic heterocycles. The zero-order valence-electron chi connectivity index (χ0n) is 14.3. The summed E-state index contributed by atoms with van der Waals surface area (Å²) in [7, 11) is 0. The molecule has 1 heteroatoms. The molecule has 0 amide bonds. The molecule has 0 aromatic heterocycles. The van der Waals surface area contributed by atoms with E-state index in [1.807, 2.05) is 6.07 Å². The van der Waals surface area contributed by atoms with Crippen LogP contribution >= 0.6 is 0 Å². The van der Waals surface area contributed by atoms with Crippen molar-refractivity contribution in [1.82, 2.24) is 0 Å². The minimum atomic E-state index is -0.0833. The van der Waals surface area contributed by atoms with Crippen LogP contribution in [0.4, 0.5) is 0 Å². The highest BCUT2D eigenvalue weighted by molar-refractivity contribution is 6.01. The highest BCUT2D eigenvalue weighted by Gasteiger charge is 2.24. The fraction of sp³-hybridized carbons (Fsp3) is 0.0400. The third-order valence-corrected chi connectivity index (χ3v) is 4.95. The number of rotatable bonds is 2. The Morgan fingerprint density at radius 2 is 1.31 bits per heavy atom. The van der Waals surface area contributed by atoms with Gasteiger partial charge in [-0.1, -0.05) is 91.0 Å². The molecular weight excluding hydrogens is 316 g/mol. The van der Waals surface area contributed by atoms with E-state index >= 15 is 0 Å². The molecule has 0 bridgehead atoms. The quantitative estimate of drug-likeness (QED) is 0.412. The second-order valence-corrected chi connectivity index (χ2v) is 6.56. The molecule has 5 rings (SSSR count). The van der Waals surface area contributed by atoms with Gasteiger partial charge in [-0.15, -0.1) is 0 Å². The van der Waals surface area contributed by atoms with Crippen molar-refractivity contribution < 1.29 is 4.74 Å². The van der Waals surface area contributed by atoms with Crippen molar-refractivity contribution in [1.29, 1.82) is 0 Å². The van der Waals surface area contributed by atoms with Gasteiger partial charge in [0.25, 0.3) is 0 Å². The van der Waals surface area contributed by atoms with Gasteiger partial charge in [0.05, 0.1) is 0 Å². The first-order valence-corrected chi connectivity index (χ1v) is 8.91. The summed E-state index contributed by atoms with van der Waals surface area (Å²) in [5.74, 6) is 0.943. The van der Waals surface area contributed by atoms with Crippen molar-refractivity contribution in [3.63, 3.8) is 0 Å². The maximum Gasteiger partial charge on any atom is 0.143 e. The van der Waals surface area contributed by atoms with E-state index in [4.69, 9.17) is 4.74 Å². The number of ether oxygens (including phenoxy) is 1. The van der Waals surface area contributed by atoms with Crippen LogP contribution in [0.2, 0.25) is 0 Å². The minimum Gasteiger partial charge on any atom is -0.481 e. The molecule has 124 valence electrons. The molecule has 1 aliphatic rings. The normalized spacial score (nSPS) is 15.8. The van der Waals surface area contributed by atoms with Crippen LogP contribution in [-0.4, -0.2) is 0 Å². The Balaban J connectivity index is 1.77. The topological polar surface area (TPSA) is 9.23 Å². The third-order valence-electron chi connectivity index (χ3n) is 4.95. The van der Waals surface area contributed by atoms with E-state index in [1.54, 1.807) is 0 Å². The highest BCUT2D eigenvalue weighted by Crippen LogP contribution is 2.43. The average molecular weight is 334 g/mol. The summed E-state index contributed by atoms with van der Waals surface area (Å²) < 4.78 is 6.40. The molecular formula is C25H18O. The van der Waals surface area contributed by atoms with Gasteiger partial charge in [0, 0.05) is 5.56 Å². The van der Waals surface area contributed by atoms with Gasteiger partial charge in [-0.2, -0.15) is 0 Å². The predicted molar refractivity (Wildman–Crippen MR) is 107 cm³/mol. The molecule has 1 atom stereocenters. The average Bonchev–Trinajstić information content (AvgIpc) is 2.74. The van der Waals surface area contributed by atoms with E-state index in [0.717, 1.165) is 5.75 Å². The molecule has 0 fully saturated rings. The van der Waals surface area contributed by atoms with Crippen molar-refractivity contribution >= 4 is 16.3 Å². The Bertz CT molecular complexity index is 1090. The summed E-state index contributed by atoms with van der Waals surface area (Å²) in [6.07, 6.45) is 2.17. The summed E-state index contributed by atoms with van der Waals surface area (Å²) >= 11 is 0. The van der Waals surface area contributed by atoms with Gasteiger partial charge in [0.1, 0.15) is 11.9 Å². The summed E-state index contributed by atoms with van der Waals surface area (Å²) in [5, 5.41) is 2.46. The number of hydrogen-bond acceptors (Lipinski definition) is 1. The molecule has 1 unspecified atom stereocenters. The van der Waals surface area contributed by atoms with Crippen LogP contribution < -0.4 is 4.74 Å². The predicted octanol–water partition coefficient (Wildman–Crippen LogP) is 6.41. The molecule has 0 saturated heterocycles. The lowest BCUT2D eigenvalue weighted by atomic mass is 9.88. The van der Waals surface area contributed by atoms with Crippen LogP contribution in [0.3, 0.4) is 0 Å². The van der Waals surface area contributed by atoms with Gasteiger partial charge in [-0.05, 0) is 39.6 Å². The first kappa shape index (κ1) is 15.0. The van der Waals surface area contributed by atoms with Crippen LogP contribution in [-0.2, 0) is 0 Å². The summed E-state index contributed by atoms with van der Waals surface area (Å²) in [5.41, 5.74) is 4.80. The van der Waals surface area contributed by atoms with Crippen molar-refractivity contribution in [2.24, 2.45) is 0 Å². The summed E-state index contributed by atoms with van der Waals surface area (Å²) in [6.45, 7) is 0. The Hall–Kier alpha value is -3.32. The maximum absolute atomic E-state index is 6.40. The van der Waals surface area contributed by atoms with Gasteiger partial charge >= 0.3 is 0 Å². The fourth-order valence-corrected chi connectivity index (χ4v) is 3.70. The molecule has 26 heavy (non-hydrogen) atoms. The van der Waals surface area contributed by atoms with Crippen LogP contribution in [0.25, 0.3) is 16.3 Å². The highest BCUT2D eigenvalue weighted by atomic mass is 16.5. The van der Waals surface area contributed by atoms with Crippen molar-refractivity contribution in [2.75, 3.05) is 0 Å². The Morgan fingerprint density at radius 3 is 2.12 bits per heavy atom. The van der Waals surface area contributed by atoms with E-state index < -0.39 is 0 Å². The Labute approximate surface area is 153 Å². The summed E-state index contributed by atoms with van der Waals surface area (Å²) in [6, 6.07) is 33.7. The van der Waals surface area contributed by atoms with E-state index in [9.17, 15) is 0 Å². The van der Waals surface area contributed by atoms with Crippen LogP contribution in [0.15, 0.2) is 103 Å². The van der Waals surface area contributed by atoms with Crippen LogP contribution in [0, 0.1) is 0 Å². The zero-order chi connectivity index (χ0) is 17.3. The number of hydrogen-bond donors (Lipinski definition) is 0. The lowest BCUT2D eigenvalue weighted by Gasteiger charge is -2.27. The first-order chi connectivity index (χ1) is 12.9. The molecule has 4 aromatic rings. The maximum atomic E-state index is 6.40. The first-order valence-electron chi connectivity index (χ1n) is 8.91. The van der Waals surface area contributed by atoms with Gasteiger partial charge < -0.3 is 4.74 Å². The van der Waals surface area contributed by atoms with Gasteiger partial charge in [0.2, 0.25) is 0 Å². The Morgan fingerprint density at radius 1 is 0.615 bits per heavy atom. The molecule has 0 radical (unpaired) electrons. The smallest absolute Gasteiger partial charge is 0.143 e. The lowest BCUT2D eigenvalue weighted by Crippen LogP contribution is -2.12. The second kappa shape index (κ2) is 6.20. The largest absolute Gasteiger partial charge is 0.481 e. The van der Waals surface area contributed by atoms with E-state index in [2.05, 4.69) is 97.1 Å². The third kappa shape index (κ3) is 2.49. The molecule has 0 spiro atoms. The zero-order valence-corrected chi connectivity index (χ0v) is 14.3. The van der Waals surface area contributed by atoms with Gasteiger partial charge in [0.15, 0.2) is 0 Å². The molecule has 1 heterocycles. The second-order valence-electron chi connectivity index (χ2n) is 6.56. The molecule has 0 N–H and O–H groups in total. The van der Waals surface area contributed by atoms with Crippen molar-refractivity contribution in [2.45, 2.75) is 6.10 Å². The van der Waals surface area contributed by atoms with Crippen molar-refractivity contribution in [3.05, 3.63) is 120 Å². The fourth-order valence-electron chi connectivity index (χ4n) is 3.70. The standard InChI is InChI=1S/C25H18O/c1-3-9-18(10-4-1)22-17-24(20-12-5-2-6-13-20)26-23-16-15-19-11-7-8-14-21(19)25(22)23/h1-17,24H. The molecule has 1 nitrogen and oxygen atoms in total. The summed E-state index contributed by atoms with van der Waals surface area (Å²) in [4.78, 5) is 0. The molecule has 0 saturated carbocycles. The monoisotopic (exact) mass is 334 g/mol. The lowest BCUT2D eigenvalue weighted by molar-refractivity contribution is 0.251. The van der Waals surface area contributed by atoms with Gasteiger partial charge in [-0.25, -0.2) is 0 Å². The van der Waals surface area contributed by atoms with Crippen LogP contribution in [0.1, 0.15) is 22.8 Å². The van der Waals surface area contributed by atoms with E-state index in [1.165, 1.54) is 33.0 Å². The van der Waals surface area contributed by atoms with Crippen molar-refractivity contribution in [3.8, 4) is 5.75 Å². The molecule has 0 aliphatic carbocycles. The van der Waals surface area contributed by atoms with Crippen LogP contribution in [0.5, 0.6) is 5.75 Å². The van der Waals surface area contributed by atoms with E-state index in [-0.39, 0.29) is 6.10 Å². The number of benzene rings is 4. The molecule has 4 aromatic carbocycles. The van der Waals surface area contributed by atoms with E-state index in [0.29, 0.717) is 0 Å². The van der Waals surface area contributed by atoms with Gasteiger partial charge in [-0.3, -0.25) is 0 Å².